The summed E-state index contributed by atoms with van der Waals surface area (Å²) >= 11 is 3.26. The molecule has 0 N–H and O–H groups in total. The van der Waals surface area contributed by atoms with E-state index in [4.69, 9.17) is 0 Å². The topological polar surface area (TPSA) is 34.9 Å². The summed E-state index contributed by atoms with van der Waals surface area (Å²) in [6.07, 6.45) is 3.58. The molecule has 0 saturated heterocycles. The van der Waals surface area contributed by atoms with Crippen LogP contribution in [0.15, 0.2) is 59.0 Å². The lowest BCUT2D eigenvalue weighted by atomic mass is 10.1. The molecule has 0 aliphatic rings. The number of rotatable bonds is 5. The summed E-state index contributed by atoms with van der Waals surface area (Å²) in [5, 5.41) is 2.81. The van der Waals surface area contributed by atoms with Crippen LogP contribution in [0.4, 0.5) is 0 Å². The van der Waals surface area contributed by atoms with Crippen LogP contribution < -0.4 is 5.56 Å². The summed E-state index contributed by atoms with van der Waals surface area (Å²) in [5.74, 6) is 0. The molecule has 0 radical (unpaired) electrons. The molecule has 0 atom stereocenters. The third kappa shape index (κ3) is 3.30. The Morgan fingerprint density at radius 2 is 1.96 bits per heavy atom. The predicted octanol–water partition coefficient (Wildman–Crippen LogP) is 5.13. The molecular formula is C20H18N2OS2. The van der Waals surface area contributed by atoms with Crippen molar-refractivity contribution in [2.24, 2.45) is 0 Å². The fraction of sp³-hybridized carbons (Fsp3) is 0.200. The normalized spacial score (nSPS) is 11.2. The van der Waals surface area contributed by atoms with Crippen molar-refractivity contribution in [1.29, 1.82) is 0 Å². The fourth-order valence-corrected chi connectivity index (χ4v) is 4.85. The van der Waals surface area contributed by atoms with Crippen molar-refractivity contribution in [2.45, 2.75) is 26.3 Å². The Hall–Kier alpha value is -2.24. The third-order valence-electron chi connectivity index (χ3n) is 4.27. The molecule has 0 unspecified atom stereocenters. The average molecular weight is 367 g/mol. The van der Waals surface area contributed by atoms with Gasteiger partial charge in [-0.05, 0) is 37.5 Å². The van der Waals surface area contributed by atoms with Crippen molar-refractivity contribution in [3.05, 3.63) is 75.0 Å². The lowest BCUT2D eigenvalue weighted by molar-refractivity contribution is 0.618. The van der Waals surface area contributed by atoms with Crippen molar-refractivity contribution in [2.75, 3.05) is 0 Å². The van der Waals surface area contributed by atoms with Crippen LogP contribution in [0.25, 0.3) is 20.7 Å². The Kier molecular flexibility index (Phi) is 4.51. The molecule has 3 aromatic heterocycles. The van der Waals surface area contributed by atoms with Crippen LogP contribution in [0.5, 0.6) is 0 Å². The SMILES string of the molecule is Cc1ccc(-c2csc3ncn(CCCc4ccccc4)c(=O)c23)s1. The van der Waals surface area contributed by atoms with Crippen molar-refractivity contribution in [3.63, 3.8) is 0 Å². The maximum Gasteiger partial charge on any atom is 0.262 e. The fourth-order valence-electron chi connectivity index (χ4n) is 2.99. The second-order valence-electron chi connectivity index (χ2n) is 6.07. The highest BCUT2D eigenvalue weighted by Gasteiger charge is 2.14. The van der Waals surface area contributed by atoms with E-state index in [1.54, 1.807) is 33.6 Å². The van der Waals surface area contributed by atoms with Crippen LogP contribution in [0.2, 0.25) is 0 Å². The Balaban J connectivity index is 1.62. The number of hydrogen-bond donors (Lipinski definition) is 0. The number of aromatic nitrogens is 2. The van der Waals surface area contributed by atoms with Crippen molar-refractivity contribution >= 4 is 32.9 Å². The van der Waals surface area contributed by atoms with Gasteiger partial charge < -0.3 is 0 Å². The monoisotopic (exact) mass is 366 g/mol. The summed E-state index contributed by atoms with van der Waals surface area (Å²) in [6, 6.07) is 14.6. The molecular weight excluding hydrogens is 348 g/mol. The van der Waals surface area contributed by atoms with E-state index in [9.17, 15) is 4.79 Å². The molecule has 5 heteroatoms. The Labute approximate surface area is 154 Å². The molecule has 25 heavy (non-hydrogen) atoms. The second-order valence-corrected chi connectivity index (χ2v) is 8.22. The van der Waals surface area contributed by atoms with E-state index in [1.807, 2.05) is 6.07 Å². The van der Waals surface area contributed by atoms with Gasteiger partial charge in [-0.25, -0.2) is 4.98 Å². The quantitative estimate of drug-likeness (QED) is 0.491. The van der Waals surface area contributed by atoms with Gasteiger partial charge in [0.1, 0.15) is 4.83 Å². The molecule has 0 saturated carbocycles. The Bertz CT molecular complexity index is 1060. The third-order valence-corrected chi connectivity index (χ3v) is 6.19. The van der Waals surface area contributed by atoms with Crippen LogP contribution in [-0.2, 0) is 13.0 Å². The molecule has 0 aliphatic heterocycles. The number of aryl methyl sites for hydroxylation is 3. The first kappa shape index (κ1) is 16.2. The van der Waals surface area contributed by atoms with Crippen LogP contribution in [0.3, 0.4) is 0 Å². The summed E-state index contributed by atoms with van der Waals surface area (Å²) in [6.45, 7) is 2.78. The number of fused-ring (bicyclic) bond motifs is 1. The van der Waals surface area contributed by atoms with Gasteiger partial charge in [-0.15, -0.1) is 22.7 Å². The van der Waals surface area contributed by atoms with E-state index in [2.05, 4.69) is 53.7 Å². The van der Waals surface area contributed by atoms with Gasteiger partial charge >= 0.3 is 0 Å². The number of hydrogen-bond acceptors (Lipinski definition) is 4. The van der Waals surface area contributed by atoms with Gasteiger partial charge in [-0.2, -0.15) is 0 Å². The molecule has 0 bridgehead atoms. The maximum atomic E-state index is 13.0. The first-order chi connectivity index (χ1) is 12.2. The minimum absolute atomic E-state index is 0.0698. The van der Waals surface area contributed by atoms with Gasteiger partial charge in [0, 0.05) is 27.2 Å². The largest absolute Gasteiger partial charge is 0.299 e. The van der Waals surface area contributed by atoms with Crippen molar-refractivity contribution in [1.82, 2.24) is 9.55 Å². The number of benzene rings is 1. The van der Waals surface area contributed by atoms with Crippen LogP contribution >= 0.6 is 22.7 Å². The van der Waals surface area contributed by atoms with Gasteiger partial charge in [0.25, 0.3) is 5.56 Å². The van der Waals surface area contributed by atoms with Gasteiger partial charge in [-0.3, -0.25) is 9.36 Å². The molecule has 3 nitrogen and oxygen atoms in total. The number of nitrogens with zero attached hydrogens (tertiary/aromatic N) is 2. The highest BCUT2D eigenvalue weighted by Crippen LogP contribution is 2.34. The van der Waals surface area contributed by atoms with E-state index in [-0.39, 0.29) is 5.56 Å². The summed E-state index contributed by atoms with van der Waals surface area (Å²) < 4.78 is 1.75. The van der Waals surface area contributed by atoms with E-state index in [1.165, 1.54) is 10.4 Å². The molecule has 0 aliphatic carbocycles. The van der Waals surface area contributed by atoms with Crippen LogP contribution in [0, 0.1) is 6.92 Å². The van der Waals surface area contributed by atoms with Crippen LogP contribution in [-0.4, -0.2) is 9.55 Å². The zero-order chi connectivity index (χ0) is 17.2. The van der Waals surface area contributed by atoms with Crippen molar-refractivity contribution < 1.29 is 0 Å². The summed E-state index contributed by atoms with van der Waals surface area (Å²) in [4.78, 5) is 20.7. The average Bonchev–Trinajstić information content (AvgIpc) is 3.24. The zero-order valence-electron chi connectivity index (χ0n) is 13.9. The Morgan fingerprint density at radius 1 is 1.12 bits per heavy atom. The van der Waals surface area contributed by atoms with E-state index in [0.717, 1.165) is 33.5 Å². The summed E-state index contributed by atoms with van der Waals surface area (Å²) in [7, 11) is 0. The molecule has 0 spiro atoms. The molecule has 126 valence electrons. The predicted molar refractivity (Wildman–Crippen MR) is 107 cm³/mol. The zero-order valence-corrected chi connectivity index (χ0v) is 15.6. The second kappa shape index (κ2) is 6.94. The van der Waals surface area contributed by atoms with E-state index >= 15 is 0 Å². The highest BCUT2D eigenvalue weighted by atomic mass is 32.1. The van der Waals surface area contributed by atoms with E-state index in [0.29, 0.717) is 6.54 Å². The lowest BCUT2D eigenvalue weighted by Crippen LogP contribution is -2.20. The number of thiophene rings is 2. The maximum absolute atomic E-state index is 13.0. The standard InChI is InChI=1S/C20H18N2OS2/c1-14-9-10-17(25-14)16-12-24-19-18(16)20(23)22(13-21-19)11-5-8-15-6-3-2-4-7-15/h2-4,6-7,9-10,12-13H,5,8,11H2,1H3. The van der Waals surface area contributed by atoms with E-state index < -0.39 is 0 Å². The summed E-state index contributed by atoms with van der Waals surface area (Å²) in [5.41, 5.74) is 2.39. The molecule has 3 heterocycles. The lowest BCUT2D eigenvalue weighted by Gasteiger charge is -2.06. The molecule has 0 fully saturated rings. The van der Waals surface area contributed by atoms with Gasteiger partial charge in [-0.1, -0.05) is 30.3 Å². The minimum Gasteiger partial charge on any atom is -0.299 e. The van der Waals surface area contributed by atoms with Gasteiger partial charge in [0.2, 0.25) is 0 Å². The smallest absolute Gasteiger partial charge is 0.262 e. The van der Waals surface area contributed by atoms with Gasteiger partial charge in [0.05, 0.1) is 11.7 Å². The Morgan fingerprint density at radius 3 is 2.72 bits per heavy atom. The highest BCUT2D eigenvalue weighted by molar-refractivity contribution is 7.19. The first-order valence-electron chi connectivity index (χ1n) is 8.30. The molecule has 1 aromatic carbocycles. The molecule has 4 aromatic rings. The molecule has 4 rings (SSSR count). The molecule has 0 amide bonds. The first-order valence-corrected chi connectivity index (χ1v) is 9.99. The minimum atomic E-state index is 0.0698. The van der Waals surface area contributed by atoms with Crippen LogP contribution in [0.1, 0.15) is 16.9 Å². The van der Waals surface area contributed by atoms with Crippen molar-refractivity contribution in [3.8, 4) is 10.4 Å². The van der Waals surface area contributed by atoms with Gasteiger partial charge in [0.15, 0.2) is 0 Å².